The van der Waals surface area contributed by atoms with E-state index in [1.54, 1.807) is 25.1 Å². The standard InChI is InChI=1S/C36H39N5O5/c1-2-45-31(42)18-15-24-13-16-26(17-14-24)37-35(44)36(19-8-20-36)38-34(43)28-23-30-40-21-22-46-29-12-7-6-11-27(29)33(40)32(41(30)39-28)25-9-4-3-5-10-25/h6-7,11-18,23,25H,2-5,8-10,19-22H2,1H3,(H,37,44)(H,38,43)/b18-15+. The van der Waals surface area contributed by atoms with Crippen LogP contribution in [0.4, 0.5) is 5.69 Å². The van der Waals surface area contributed by atoms with Gasteiger partial charge in [-0.1, -0.05) is 43.5 Å². The van der Waals surface area contributed by atoms with E-state index < -0.39 is 11.5 Å². The van der Waals surface area contributed by atoms with Gasteiger partial charge in [0.05, 0.1) is 24.5 Å². The molecule has 0 radical (unpaired) electrons. The minimum Gasteiger partial charge on any atom is -0.491 e. The first kappa shape index (κ1) is 29.8. The highest BCUT2D eigenvalue weighted by Gasteiger charge is 2.46. The lowest BCUT2D eigenvalue weighted by Crippen LogP contribution is -2.61. The molecule has 3 aliphatic rings. The molecule has 2 aliphatic carbocycles. The van der Waals surface area contributed by atoms with Crippen LogP contribution in [0.25, 0.3) is 23.0 Å². The molecule has 2 fully saturated rings. The van der Waals surface area contributed by atoms with Crippen molar-refractivity contribution in [3.63, 3.8) is 0 Å². The molecule has 3 heterocycles. The van der Waals surface area contributed by atoms with E-state index in [-0.39, 0.29) is 11.8 Å². The number of amides is 2. The monoisotopic (exact) mass is 621 g/mol. The molecule has 0 spiro atoms. The zero-order chi connectivity index (χ0) is 31.7. The molecule has 0 saturated heterocycles. The van der Waals surface area contributed by atoms with Gasteiger partial charge in [0.25, 0.3) is 5.91 Å². The molecule has 7 rings (SSSR count). The zero-order valence-electron chi connectivity index (χ0n) is 26.1. The van der Waals surface area contributed by atoms with Crippen molar-refractivity contribution in [3.8, 4) is 17.0 Å². The second kappa shape index (κ2) is 12.5. The number of aromatic nitrogens is 3. The number of carbonyl (C=O) groups excluding carboxylic acids is 3. The maximum atomic E-state index is 13.8. The number of nitrogens with zero attached hydrogens (tertiary/aromatic N) is 3. The van der Waals surface area contributed by atoms with E-state index in [0.717, 1.165) is 53.2 Å². The van der Waals surface area contributed by atoms with Crippen molar-refractivity contribution in [1.29, 1.82) is 0 Å². The number of anilines is 1. The first-order valence-corrected chi connectivity index (χ1v) is 16.4. The third-order valence-electron chi connectivity index (χ3n) is 9.51. The summed E-state index contributed by atoms with van der Waals surface area (Å²) in [5.41, 5.74) is 4.91. The van der Waals surface area contributed by atoms with Crippen molar-refractivity contribution < 1.29 is 23.9 Å². The van der Waals surface area contributed by atoms with Crippen molar-refractivity contribution in [3.05, 3.63) is 77.6 Å². The fraction of sp³-hybridized carbons (Fsp3) is 0.389. The van der Waals surface area contributed by atoms with Crippen molar-refractivity contribution in [2.24, 2.45) is 0 Å². The number of hydrogen-bond acceptors (Lipinski definition) is 6. The molecule has 4 aromatic rings. The van der Waals surface area contributed by atoms with Gasteiger partial charge in [0.15, 0.2) is 5.69 Å². The average molecular weight is 622 g/mol. The predicted molar refractivity (Wildman–Crippen MR) is 175 cm³/mol. The number of esters is 1. The molecular weight excluding hydrogens is 582 g/mol. The van der Waals surface area contributed by atoms with Crippen LogP contribution < -0.4 is 15.4 Å². The Hall–Kier alpha value is -4.86. The van der Waals surface area contributed by atoms with E-state index in [2.05, 4.69) is 21.3 Å². The Morgan fingerprint density at radius 2 is 1.83 bits per heavy atom. The molecule has 1 aliphatic heterocycles. The molecule has 10 nitrogen and oxygen atoms in total. The quantitative estimate of drug-likeness (QED) is 0.181. The third kappa shape index (κ3) is 5.57. The predicted octanol–water partition coefficient (Wildman–Crippen LogP) is 6.11. The molecule has 2 amide bonds. The molecule has 2 N–H and O–H groups in total. The van der Waals surface area contributed by atoms with Crippen LogP contribution in [0.15, 0.2) is 60.7 Å². The SMILES string of the molecule is CCOC(=O)/C=C/c1ccc(NC(=O)C2(NC(=O)c3cc4n5c(c(C6CCCCC6)n4n3)-c3ccccc3OCC5)CCC2)cc1. The number of hydrogen-bond donors (Lipinski definition) is 2. The fourth-order valence-electron chi connectivity index (χ4n) is 7.00. The summed E-state index contributed by atoms with van der Waals surface area (Å²) in [5, 5.41) is 10.9. The number of fused-ring (bicyclic) bond motifs is 5. The first-order chi connectivity index (χ1) is 22.5. The van der Waals surface area contributed by atoms with E-state index in [1.165, 1.54) is 25.3 Å². The molecule has 0 unspecified atom stereocenters. The van der Waals surface area contributed by atoms with Crippen LogP contribution in [-0.4, -0.2) is 50.7 Å². The number of rotatable bonds is 8. The highest BCUT2D eigenvalue weighted by molar-refractivity contribution is 6.04. The number of nitrogens with one attached hydrogen (secondary N) is 2. The smallest absolute Gasteiger partial charge is 0.330 e. The van der Waals surface area contributed by atoms with Crippen LogP contribution in [0.1, 0.15) is 86.0 Å². The van der Waals surface area contributed by atoms with E-state index in [4.69, 9.17) is 14.6 Å². The van der Waals surface area contributed by atoms with Crippen molar-refractivity contribution >= 4 is 35.2 Å². The Bertz CT molecular complexity index is 1810. The van der Waals surface area contributed by atoms with Gasteiger partial charge < -0.3 is 24.7 Å². The number of ether oxygens (including phenoxy) is 2. The summed E-state index contributed by atoms with van der Waals surface area (Å²) in [4.78, 5) is 38.9. The van der Waals surface area contributed by atoms with Crippen LogP contribution in [0.2, 0.25) is 0 Å². The molecule has 0 atom stereocenters. The van der Waals surface area contributed by atoms with E-state index in [9.17, 15) is 14.4 Å². The summed E-state index contributed by atoms with van der Waals surface area (Å²) in [5.74, 6) is 0.202. The first-order valence-electron chi connectivity index (χ1n) is 16.4. The van der Waals surface area contributed by atoms with Gasteiger partial charge in [-0.3, -0.25) is 9.59 Å². The molecule has 2 aromatic carbocycles. The van der Waals surface area contributed by atoms with Gasteiger partial charge in [0, 0.05) is 29.3 Å². The fourth-order valence-corrected chi connectivity index (χ4v) is 7.00. The Labute approximate surface area is 267 Å². The topological polar surface area (TPSA) is 116 Å². The van der Waals surface area contributed by atoms with Crippen LogP contribution in [0.5, 0.6) is 5.75 Å². The summed E-state index contributed by atoms with van der Waals surface area (Å²) in [6.07, 6.45) is 10.7. The van der Waals surface area contributed by atoms with Gasteiger partial charge >= 0.3 is 5.97 Å². The van der Waals surface area contributed by atoms with Gasteiger partial charge in [-0.15, -0.1) is 0 Å². The highest BCUT2D eigenvalue weighted by Crippen LogP contribution is 2.43. The van der Waals surface area contributed by atoms with Crippen LogP contribution in [0.3, 0.4) is 0 Å². The van der Waals surface area contributed by atoms with E-state index in [0.29, 0.717) is 49.9 Å². The lowest BCUT2D eigenvalue weighted by Gasteiger charge is -2.40. The normalized spacial score (nSPS) is 17.3. The summed E-state index contributed by atoms with van der Waals surface area (Å²) < 4.78 is 15.3. The van der Waals surface area contributed by atoms with Crippen LogP contribution in [0, 0.1) is 0 Å². The largest absolute Gasteiger partial charge is 0.491 e. The van der Waals surface area contributed by atoms with Crippen molar-refractivity contribution in [2.45, 2.75) is 76.3 Å². The molecule has 0 bridgehead atoms. The average Bonchev–Trinajstić information content (AvgIpc) is 3.55. The van der Waals surface area contributed by atoms with E-state index in [1.807, 2.05) is 40.9 Å². The molecule has 10 heteroatoms. The molecule has 2 aromatic heterocycles. The van der Waals surface area contributed by atoms with Crippen molar-refractivity contribution in [2.75, 3.05) is 18.5 Å². The minimum atomic E-state index is -1.00. The maximum Gasteiger partial charge on any atom is 0.330 e. The van der Waals surface area contributed by atoms with Gasteiger partial charge in [-0.25, -0.2) is 9.31 Å². The zero-order valence-corrected chi connectivity index (χ0v) is 26.1. The lowest BCUT2D eigenvalue weighted by molar-refractivity contribution is -0.137. The van der Waals surface area contributed by atoms with Gasteiger partial charge in [0.1, 0.15) is 23.5 Å². The second-order valence-corrected chi connectivity index (χ2v) is 12.4. The highest BCUT2D eigenvalue weighted by atomic mass is 16.5. The van der Waals surface area contributed by atoms with Gasteiger partial charge in [0.2, 0.25) is 5.91 Å². The van der Waals surface area contributed by atoms with Gasteiger partial charge in [-0.2, -0.15) is 5.10 Å². The van der Waals surface area contributed by atoms with Crippen molar-refractivity contribution in [1.82, 2.24) is 19.5 Å². The summed E-state index contributed by atoms with van der Waals surface area (Å²) in [6, 6.07) is 17.2. The third-order valence-corrected chi connectivity index (χ3v) is 9.51. The summed E-state index contributed by atoms with van der Waals surface area (Å²) in [7, 11) is 0. The summed E-state index contributed by atoms with van der Waals surface area (Å²) >= 11 is 0. The number of benzene rings is 2. The van der Waals surface area contributed by atoms with Crippen LogP contribution in [-0.2, 0) is 20.9 Å². The molecular formula is C36H39N5O5. The van der Waals surface area contributed by atoms with E-state index >= 15 is 0 Å². The maximum absolute atomic E-state index is 13.8. The van der Waals surface area contributed by atoms with Crippen LogP contribution >= 0.6 is 0 Å². The Balaban J connectivity index is 1.13. The lowest BCUT2D eigenvalue weighted by atomic mass is 9.75. The molecule has 2 saturated carbocycles. The molecule has 238 valence electrons. The number of imidazole rings is 1. The molecule has 46 heavy (non-hydrogen) atoms. The Kier molecular flexibility index (Phi) is 8.11. The minimum absolute atomic E-state index is 0.250. The number of para-hydroxylation sites is 1. The van der Waals surface area contributed by atoms with Gasteiger partial charge in [-0.05, 0) is 74.9 Å². The second-order valence-electron chi connectivity index (χ2n) is 12.4. The Morgan fingerprint density at radius 1 is 1.04 bits per heavy atom. The Morgan fingerprint density at radius 3 is 2.57 bits per heavy atom. The number of carbonyl (C=O) groups is 3. The summed E-state index contributed by atoms with van der Waals surface area (Å²) in [6.45, 7) is 3.25.